The zero-order valence-electron chi connectivity index (χ0n) is 12.8. The first-order valence-electron chi connectivity index (χ1n) is 7.42. The fraction of sp³-hybridized carbons (Fsp3) is 0.267. The average molecular weight is 328 g/mol. The SMILES string of the molecule is Nc1nc(N2CCN(C(=O)c3ccccc3)CC2)ncc1[N+](=O)[O-]. The molecule has 0 atom stereocenters. The van der Waals surface area contributed by atoms with Gasteiger partial charge in [-0.1, -0.05) is 18.2 Å². The fourth-order valence-electron chi connectivity index (χ4n) is 2.54. The number of nitrogens with two attached hydrogens (primary N) is 1. The first-order valence-corrected chi connectivity index (χ1v) is 7.42. The van der Waals surface area contributed by atoms with E-state index >= 15 is 0 Å². The second-order valence-corrected chi connectivity index (χ2v) is 5.34. The van der Waals surface area contributed by atoms with Crippen molar-refractivity contribution in [1.29, 1.82) is 0 Å². The van der Waals surface area contributed by atoms with Crippen LogP contribution < -0.4 is 10.6 Å². The number of hydrogen-bond donors (Lipinski definition) is 1. The number of amides is 1. The molecule has 9 heteroatoms. The summed E-state index contributed by atoms with van der Waals surface area (Å²) in [6.45, 7) is 2.12. The molecule has 2 heterocycles. The van der Waals surface area contributed by atoms with Crippen LogP contribution in [-0.2, 0) is 0 Å². The standard InChI is InChI=1S/C15H16N6O3/c16-13-12(21(23)24)10-17-15(18-13)20-8-6-19(7-9-20)14(22)11-4-2-1-3-5-11/h1-5,10H,6-9H2,(H2,16,17,18). The topological polar surface area (TPSA) is 118 Å². The maximum Gasteiger partial charge on any atom is 0.329 e. The average Bonchev–Trinajstić information content (AvgIpc) is 2.61. The maximum absolute atomic E-state index is 12.4. The van der Waals surface area contributed by atoms with Crippen molar-refractivity contribution in [1.82, 2.24) is 14.9 Å². The second-order valence-electron chi connectivity index (χ2n) is 5.34. The molecule has 1 fully saturated rings. The lowest BCUT2D eigenvalue weighted by Gasteiger charge is -2.34. The maximum atomic E-state index is 12.4. The minimum absolute atomic E-state index is 0.0145. The number of carbonyl (C=O) groups excluding carboxylic acids is 1. The minimum Gasteiger partial charge on any atom is -0.378 e. The van der Waals surface area contributed by atoms with Gasteiger partial charge < -0.3 is 15.5 Å². The molecule has 1 aliphatic rings. The van der Waals surface area contributed by atoms with Gasteiger partial charge in [-0.15, -0.1) is 0 Å². The van der Waals surface area contributed by atoms with Crippen LogP contribution >= 0.6 is 0 Å². The molecular weight excluding hydrogens is 312 g/mol. The van der Waals surface area contributed by atoms with Crippen LogP contribution in [0.25, 0.3) is 0 Å². The Morgan fingerprint density at radius 2 is 1.83 bits per heavy atom. The Kier molecular flexibility index (Phi) is 4.23. The van der Waals surface area contributed by atoms with Crippen LogP contribution in [0.3, 0.4) is 0 Å². The third-order valence-corrected chi connectivity index (χ3v) is 3.85. The molecular formula is C15H16N6O3. The quantitative estimate of drug-likeness (QED) is 0.657. The third-order valence-electron chi connectivity index (χ3n) is 3.85. The number of carbonyl (C=O) groups is 1. The third kappa shape index (κ3) is 3.09. The molecule has 0 unspecified atom stereocenters. The van der Waals surface area contributed by atoms with Gasteiger partial charge in [-0.25, -0.2) is 4.98 Å². The van der Waals surface area contributed by atoms with Crippen LogP contribution in [0.2, 0.25) is 0 Å². The van der Waals surface area contributed by atoms with Crippen molar-refractivity contribution in [3.63, 3.8) is 0 Å². The van der Waals surface area contributed by atoms with Gasteiger partial charge in [-0.3, -0.25) is 14.9 Å². The lowest BCUT2D eigenvalue weighted by atomic mass is 10.2. The van der Waals surface area contributed by atoms with Gasteiger partial charge in [0, 0.05) is 31.7 Å². The molecule has 1 aromatic heterocycles. The van der Waals surface area contributed by atoms with Crippen LogP contribution in [0.5, 0.6) is 0 Å². The van der Waals surface area contributed by atoms with Gasteiger partial charge in [0.25, 0.3) is 5.91 Å². The Hall–Kier alpha value is -3.23. The van der Waals surface area contributed by atoms with E-state index < -0.39 is 4.92 Å². The molecule has 24 heavy (non-hydrogen) atoms. The Morgan fingerprint density at radius 1 is 1.17 bits per heavy atom. The smallest absolute Gasteiger partial charge is 0.329 e. The lowest BCUT2D eigenvalue weighted by Crippen LogP contribution is -2.49. The van der Waals surface area contributed by atoms with E-state index in [1.807, 2.05) is 23.1 Å². The van der Waals surface area contributed by atoms with Gasteiger partial charge in [-0.2, -0.15) is 4.98 Å². The second kappa shape index (κ2) is 6.49. The van der Waals surface area contributed by atoms with Gasteiger partial charge in [0.2, 0.25) is 11.8 Å². The Morgan fingerprint density at radius 3 is 2.42 bits per heavy atom. The zero-order chi connectivity index (χ0) is 17.1. The number of rotatable bonds is 3. The van der Waals surface area contributed by atoms with Gasteiger partial charge in [0.05, 0.1) is 4.92 Å². The van der Waals surface area contributed by atoms with Crippen molar-refractivity contribution in [2.75, 3.05) is 36.8 Å². The highest BCUT2D eigenvalue weighted by atomic mass is 16.6. The van der Waals surface area contributed by atoms with Crippen LogP contribution in [0.1, 0.15) is 10.4 Å². The molecule has 1 aliphatic heterocycles. The molecule has 1 amide bonds. The number of nitrogen functional groups attached to an aromatic ring is 1. The molecule has 2 aromatic rings. The Balaban J connectivity index is 1.66. The molecule has 0 aliphatic carbocycles. The summed E-state index contributed by atoms with van der Waals surface area (Å²) in [5.41, 5.74) is 5.94. The zero-order valence-corrected chi connectivity index (χ0v) is 12.8. The summed E-state index contributed by atoms with van der Waals surface area (Å²) in [5.74, 6) is 0.164. The first kappa shape index (κ1) is 15.7. The summed E-state index contributed by atoms with van der Waals surface area (Å²) < 4.78 is 0. The van der Waals surface area contributed by atoms with E-state index in [1.165, 1.54) is 0 Å². The highest BCUT2D eigenvalue weighted by Gasteiger charge is 2.24. The Labute approximate surface area is 137 Å². The van der Waals surface area contributed by atoms with E-state index in [9.17, 15) is 14.9 Å². The number of hydrogen-bond acceptors (Lipinski definition) is 7. The molecule has 0 saturated carbocycles. The van der Waals surface area contributed by atoms with Gasteiger partial charge in [0.1, 0.15) is 6.20 Å². The van der Waals surface area contributed by atoms with E-state index in [4.69, 9.17) is 5.73 Å². The molecule has 9 nitrogen and oxygen atoms in total. The Bertz CT molecular complexity index is 759. The van der Waals surface area contributed by atoms with E-state index in [0.717, 1.165) is 6.20 Å². The molecule has 1 saturated heterocycles. The molecule has 0 spiro atoms. The number of benzene rings is 1. The van der Waals surface area contributed by atoms with Crippen LogP contribution in [0.4, 0.5) is 17.5 Å². The lowest BCUT2D eigenvalue weighted by molar-refractivity contribution is -0.384. The summed E-state index contributed by atoms with van der Waals surface area (Å²) in [7, 11) is 0. The van der Waals surface area contributed by atoms with Gasteiger partial charge >= 0.3 is 5.69 Å². The van der Waals surface area contributed by atoms with Crippen molar-refractivity contribution in [2.45, 2.75) is 0 Å². The van der Waals surface area contributed by atoms with Crippen molar-refractivity contribution < 1.29 is 9.72 Å². The summed E-state index contributed by atoms with van der Waals surface area (Å²) >= 11 is 0. The van der Waals surface area contributed by atoms with E-state index in [-0.39, 0.29) is 17.4 Å². The van der Waals surface area contributed by atoms with Crippen LogP contribution in [-0.4, -0.2) is 51.9 Å². The summed E-state index contributed by atoms with van der Waals surface area (Å²) in [6.07, 6.45) is 1.11. The summed E-state index contributed by atoms with van der Waals surface area (Å²) in [4.78, 5) is 34.1. The number of piperazine rings is 1. The number of aromatic nitrogens is 2. The molecule has 1 aromatic carbocycles. The van der Waals surface area contributed by atoms with E-state index in [1.54, 1.807) is 17.0 Å². The number of anilines is 2. The first-order chi connectivity index (χ1) is 11.6. The van der Waals surface area contributed by atoms with Crippen molar-refractivity contribution in [3.8, 4) is 0 Å². The molecule has 0 bridgehead atoms. The van der Waals surface area contributed by atoms with E-state index in [2.05, 4.69) is 9.97 Å². The normalized spacial score (nSPS) is 14.5. The van der Waals surface area contributed by atoms with E-state index in [0.29, 0.717) is 37.7 Å². The molecule has 2 N–H and O–H groups in total. The van der Waals surface area contributed by atoms with Crippen molar-refractivity contribution in [2.24, 2.45) is 0 Å². The van der Waals surface area contributed by atoms with Gasteiger partial charge in [0.15, 0.2) is 0 Å². The predicted molar refractivity (Wildman–Crippen MR) is 87.7 cm³/mol. The van der Waals surface area contributed by atoms with Crippen LogP contribution in [0.15, 0.2) is 36.5 Å². The highest BCUT2D eigenvalue weighted by Crippen LogP contribution is 2.21. The van der Waals surface area contributed by atoms with Gasteiger partial charge in [-0.05, 0) is 12.1 Å². The summed E-state index contributed by atoms with van der Waals surface area (Å²) in [6, 6.07) is 9.10. The van der Waals surface area contributed by atoms with Crippen molar-refractivity contribution >= 4 is 23.4 Å². The highest BCUT2D eigenvalue weighted by molar-refractivity contribution is 5.94. The number of nitro groups is 1. The molecule has 0 radical (unpaired) electrons. The molecule has 3 rings (SSSR count). The predicted octanol–water partition coefficient (Wildman–Crippen LogP) is 0.929. The minimum atomic E-state index is -0.615. The van der Waals surface area contributed by atoms with Crippen LogP contribution in [0, 0.1) is 10.1 Å². The van der Waals surface area contributed by atoms with Crippen molar-refractivity contribution in [3.05, 3.63) is 52.2 Å². The summed E-state index contributed by atoms with van der Waals surface area (Å²) in [5, 5.41) is 10.7. The monoisotopic (exact) mass is 328 g/mol. The number of nitrogens with zero attached hydrogens (tertiary/aromatic N) is 5. The molecule has 124 valence electrons. The fourth-order valence-corrected chi connectivity index (χ4v) is 2.54. The largest absolute Gasteiger partial charge is 0.378 e.